The number of hydrogen-bond donors (Lipinski definition) is 0. The zero-order valence-corrected chi connectivity index (χ0v) is 13.4. The number of rotatable bonds is 5. The fourth-order valence-electron chi connectivity index (χ4n) is 2.35. The molecular formula is C17H20ClNO2. The quantitative estimate of drug-likeness (QED) is 0.776. The van der Waals surface area contributed by atoms with Crippen molar-refractivity contribution in [2.24, 2.45) is 5.92 Å². The maximum absolute atomic E-state index is 11.9. The maximum Gasteiger partial charge on any atom is 0.354 e. The van der Waals surface area contributed by atoms with Crippen LogP contribution in [0.3, 0.4) is 0 Å². The minimum Gasteiger partial charge on any atom is -0.464 e. The summed E-state index contributed by atoms with van der Waals surface area (Å²) in [6.07, 6.45) is 0.921. The minimum atomic E-state index is -0.307. The predicted molar refractivity (Wildman–Crippen MR) is 84.9 cm³/mol. The molecule has 0 fully saturated rings. The zero-order valence-electron chi connectivity index (χ0n) is 12.6. The highest BCUT2D eigenvalue weighted by molar-refractivity contribution is 6.30. The second kappa shape index (κ2) is 6.81. The van der Waals surface area contributed by atoms with Crippen LogP contribution in [-0.2, 0) is 17.7 Å². The van der Waals surface area contributed by atoms with Crippen LogP contribution in [-0.4, -0.2) is 17.6 Å². The van der Waals surface area contributed by atoms with E-state index >= 15 is 0 Å². The van der Waals surface area contributed by atoms with Crippen LogP contribution in [0.25, 0.3) is 0 Å². The van der Waals surface area contributed by atoms with E-state index in [1.165, 1.54) is 7.11 Å². The van der Waals surface area contributed by atoms with Crippen molar-refractivity contribution in [3.05, 3.63) is 58.4 Å². The highest BCUT2D eigenvalue weighted by Crippen LogP contribution is 2.18. The lowest BCUT2D eigenvalue weighted by molar-refractivity contribution is 0.0588. The summed E-state index contributed by atoms with van der Waals surface area (Å²) in [4.78, 5) is 11.9. The van der Waals surface area contributed by atoms with Crippen LogP contribution in [0.15, 0.2) is 36.4 Å². The summed E-state index contributed by atoms with van der Waals surface area (Å²) < 4.78 is 6.89. The Morgan fingerprint density at radius 2 is 1.86 bits per heavy atom. The zero-order chi connectivity index (χ0) is 15.4. The van der Waals surface area contributed by atoms with E-state index in [-0.39, 0.29) is 5.97 Å². The molecule has 0 spiro atoms. The van der Waals surface area contributed by atoms with Crippen LogP contribution >= 0.6 is 11.6 Å². The molecule has 2 aromatic rings. The first-order valence-corrected chi connectivity index (χ1v) is 7.40. The number of ether oxygens (including phenoxy) is 1. The first-order chi connectivity index (χ1) is 10.0. The van der Waals surface area contributed by atoms with Crippen molar-refractivity contribution in [1.29, 1.82) is 0 Å². The Labute approximate surface area is 130 Å². The number of carbonyl (C=O) groups excluding carboxylic acids is 1. The van der Waals surface area contributed by atoms with Gasteiger partial charge in [-0.2, -0.15) is 0 Å². The van der Waals surface area contributed by atoms with Gasteiger partial charge in [-0.3, -0.25) is 0 Å². The first kappa shape index (κ1) is 15.6. The van der Waals surface area contributed by atoms with Gasteiger partial charge in [0.1, 0.15) is 5.69 Å². The van der Waals surface area contributed by atoms with E-state index in [1.54, 1.807) is 0 Å². The van der Waals surface area contributed by atoms with Gasteiger partial charge in [0.2, 0.25) is 0 Å². The lowest BCUT2D eigenvalue weighted by Gasteiger charge is -2.14. The Kier molecular flexibility index (Phi) is 5.07. The number of benzene rings is 1. The summed E-state index contributed by atoms with van der Waals surface area (Å²) in [7, 11) is 1.41. The molecular weight excluding hydrogens is 286 g/mol. The molecule has 1 aromatic heterocycles. The van der Waals surface area contributed by atoms with Gasteiger partial charge in [-0.25, -0.2) is 4.79 Å². The van der Waals surface area contributed by atoms with Crippen LogP contribution in [0.2, 0.25) is 5.02 Å². The van der Waals surface area contributed by atoms with Crippen molar-refractivity contribution >= 4 is 17.6 Å². The number of aromatic nitrogens is 1. The monoisotopic (exact) mass is 305 g/mol. The minimum absolute atomic E-state index is 0.307. The third kappa shape index (κ3) is 3.88. The number of halogens is 1. The summed E-state index contributed by atoms with van der Waals surface area (Å²) in [6.45, 7) is 4.96. The van der Waals surface area contributed by atoms with Crippen molar-refractivity contribution in [3.63, 3.8) is 0 Å². The number of hydrogen-bond acceptors (Lipinski definition) is 2. The second-order valence-corrected chi connectivity index (χ2v) is 5.95. The second-order valence-electron chi connectivity index (χ2n) is 5.51. The van der Waals surface area contributed by atoms with Gasteiger partial charge in [-0.05, 0) is 42.2 Å². The summed E-state index contributed by atoms with van der Waals surface area (Å²) in [5, 5.41) is 0.710. The van der Waals surface area contributed by atoms with E-state index in [9.17, 15) is 4.79 Å². The van der Waals surface area contributed by atoms with Crippen molar-refractivity contribution < 1.29 is 9.53 Å². The Bertz CT molecular complexity index is 614. The molecule has 0 unspecified atom stereocenters. The van der Waals surface area contributed by atoms with E-state index in [0.29, 0.717) is 23.2 Å². The molecule has 0 bridgehead atoms. The number of nitrogens with zero attached hydrogens (tertiary/aromatic N) is 1. The van der Waals surface area contributed by atoms with Crippen molar-refractivity contribution in [1.82, 2.24) is 4.57 Å². The Balaban J connectivity index is 2.35. The van der Waals surface area contributed by atoms with Crippen molar-refractivity contribution in [2.45, 2.75) is 26.8 Å². The molecule has 0 amide bonds. The third-order valence-electron chi connectivity index (χ3n) is 3.34. The van der Waals surface area contributed by atoms with E-state index in [2.05, 4.69) is 13.8 Å². The molecule has 2 rings (SSSR count). The predicted octanol–water partition coefficient (Wildman–Crippen LogP) is 4.17. The molecule has 0 saturated carbocycles. The van der Waals surface area contributed by atoms with Crippen molar-refractivity contribution in [2.75, 3.05) is 7.11 Å². The lowest BCUT2D eigenvalue weighted by Crippen LogP contribution is -2.14. The topological polar surface area (TPSA) is 31.2 Å². The van der Waals surface area contributed by atoms with Gasteiger partial charge < -0.3 is 9.30 Å². The van der Waals surface area contributed by atoms with Gasteiger partial charge in [0, 0.05) is 17.3 Å². The van der Waals surface area contributed by atoms with E-state index in [0.717, 1.165) is 17.7 Å². The normalized spacial score (nSPS) is 10.9. The molecule has 0 N–H and O–H groups in total. The number of methoxy groups -OCH3 is 1. The molecule has 21 heavy (non-hydrogen) atoms. The SMILES string of the molecule is COC(=O)c1ccc(CC(C)C)n1Cc1ccc(Cl)cc1. The van der Waals surface area contributed by atoms with E-state index in [4.69, 9.17) is 16.3 Å². The van der Waals surface area contributed by atoms with Crippen LogP contribution in [0.5, 0.6) is 0 Å². The van der Waals surface area contributed by atoms with E-state index < -0.39 is 0 Å². The Morgan fingerprint density at radius 1 is 1.19 bits per heavy atom. The van der Waals surface area contributed by atoms with Gasteiger partial charge in [0.25, 0.3) is 0 Å². The van der Waals surface area contributed by atoms with Gasteiger partial charge >= 0.3 is 5.97 Å². The lowest BCUT2D eigenvalue weighted by atomic mass is 10.1. The summed E-state index contributed by atoms with van der Waals surface area (Å²) in [6, 6.07) is 11.5. The highest BCUT2D eigenvalue weighted by Gasteiger charge is 2.16. The van der Waals surface area contributed by atoms with Crippen LogP contribution in [0, 0.1) is 5.92 Å². The van der Waals surface area contributed by atoms with Crippen LogP contribution in [0.4, 0.5) is 0 Å². The molecule has 1 heterocycles. The molecule has 0 aliphatic rings. The Hall–Kier alpha value is -1.74. The summed E-state index contributed by atoms with van der Waals surface area (Å²) in [5.41, 5.74) is 2.83. The molecule has 1 aromatic carbocycles. The van der Waals surface area contributed by atoms with Gasteiger partial charge in [-0.15, -0.1) is 0 Å². The molecule has 112 valence electrons. The third-order valence-corrected chi connectivity index (χ3v) is 3.59. The number of carbonyl (C=O) groups is 1. The fraction of sp³-hybridized carbons (Fsp3) is 0.353. The maximum atomic E-state index is 11.9. The Morgan fingerprint density at radius 3 is 2.43 bits per heavy atom. The molecule has 0 saturated heterocycles. The molecule has 0 aliphatic carbocycles. The average molecular weight is 306 g/mol. The standard InChI is InChI=1S/C17H20ClNO2/c1-12(2)10-15-8-9-16(17(20)21-3)19(15)11-13-4-6-14(18)7-5-13/h4-9,12H,10-11H2,1-3H3. The molecule has 4 heteroatoms. The smallest absolute Gasteiger partial charge is 0.354 e. The van der Waals surface area contributed by atoms with Crippen LogP contribution < -0.4 is 0 Å². The highest BCUT2D eigenvalue weighted by atomic mass is 35.5. The van der Waals surface area contributed by atoms with Crippen molar-refractivity contribution in [3.8, 4) is 0 Å². The summed E-state index contributed by atoms with van der Waals surface area (Å²) >= 11 is 5.92. The molecule has 3 nitrogen and oxygen atoms in total. The first-order valence-electron chi connectivity index (χ1n) is 7.02. The van der Waals surface area contributed by atoms with E-state index in [1.807, 2.05) is 41.0 Å². The largest absolute Gasteiger partial charge is 0.464 e. The van der Waals surface area contributed by atoms with Crippen LogP contribution in [0.1, 0.15) is 35.6 Å². The van der Waals surface area contributed by atoms with Gasteiger partial charge in [-0.1, -0.05) is 37.6 Å². The fourth-order valence-corrected chi connectivity index (χ4v) is 2.47. The average Bonchev–Trinajstić information content (AvgIpc) is 2.83. The van der Waals surface area contributed by atoms with Gasteiger partial charge in [0.05, 0.1) is 7.11 Å². The van der Waals surface area contributed by atoms with Gasteiger partial charge in [0.15, 0.2) is 0 Å². The molecule has 0 atom stereocenters. The summed E-state index contributed by atoms with van der Waals surface area (Å²) in [5.74, 6) is 0.216. The molecule has 0 aliphatic heterocycles. The molecule has 0 radical (unpaired) electrons. The number of esters is 1.